The third-order valence-electron chi connectivity index (χ3n) is 2.84. The zero-order chi connectivity index (χ0) is 10.8. The molecule has 2 aliphatic rings. The predicted molar refractivity (Wildman–Crippen MR) is 56.5 cm³/mol. The molecule has 0 aromatic heterocycles. The van der Waals surface area contributed by atoms with Gasteiger partial charge in [0.1, 0.15) is 11.9 Å². The Kier molecular flexibility index (Phi) is 3.00. The molecule has 0 N–H and O–H groups in total. The molecule has 0 spiro atoms. The molecule has 1 aliphatic carbocycles. The van der Waals surface area contributed by atoms with Crippen molar-refractivity contribution in [2.45, 2.75) is 18.9 Å². The van der Waals surface area contributed by atoms with Crippen molar-refractivity contribution in [3.8, 4) is 0 Å². The highest BCUT2D eigenvalue weighted by molar-refractivity contribution is 6.19. The monoisotopic (exact) mass is 228 g/mol. The third kappa shape index (κ3) is 1.76. The number of hydrogen-bond donors (Lipinski definition) is 0. The number of methoxy groups -OCH3 is 1. The fraction of sp³-hybridized carbons (Fsp3) is 0.545. The molecule has 4 heteroatoms. The van der Waals surface area contributed by atoms with Crippen LogP contribution in [-0.2, 0) is 14.3 Å². The Morgan fingerprint density at radius 1 is 1.73 bits per heavy atom. The lowest BCUT2D eigenvalue weighted by molar-refractivity contribution is -0.136. The van der Waals surface area contributed by atoms with Gasteiger partial charge in [-0.2, -0.15) is 0 Å². The maximum absolute atomic E-state index is 11.6. The minimum atomic E-state index is -0.312. The van der Waals surface area contributed by atoms with Gasteiger partial charge in [-0.3, -0.25) is 0 Å². The number of rotatable bonds is 2. The second-order valence-electron chi connectivity index (χ2n) is 3.66. The molecule has 0 aromatic rings. The highest BCUT2D eigenvalue weighted by Crippen LogP contribution is 2.38. The highest BCUT2D eigenvalue weighted by Gasteiger charge is 2.39. The summed E-state index contributed by atoms with van der Waals surface area (Å²) in [6, 6.07) is 0. The van der Waals surface area contributed by atoms with E-state index in [4.69, 9.17) is 21.1 Å². The number of carbonyl (C=O) groups is 1. The first-order chi connectivity index (χ1) is 7.27. The molecule has 0 bridgehead atoms. The van der Waals surface area contributed by atoms with E-state index in [2.05, 4.69) is 6.08 Å². The Labute approximate surface area is 93.7 Å². The number of hydrogen-bond acceptors (Lipinski definition) is 3. The van der Waals surface area contributed by atoms with Gasteiger partial charge in [0.05, 0.1) is 18.6 Å². The van der Waals surface area contributed by atoms with Gasteiger partial charge in [-0.05, 0) is 18.9 Å². The van der Waals surface area contributed by atoms with Crippen LogP contribution in [-0.4, -0.2) is 25.1 Å². The summed E-state index contributed by atoms with van der Waals surface area (Å²) in [6.45, 7) is 0. The molecule has 1 aliphatic heterocycles. The van der Waals surface area contributed by atoms with E-state index in [0.717, 1.165) is 12.8 Å². The summed E-state index contributed by atoms with van der Waals surface area (Å²) in [5.41, 5.74) is 0.627. The van der Waals surface area contributed by atoms with Gasteiger partial charge in [0, 0.05) is 5.92 Å². The van der Waals surface area contributed by atoms with Gasteiger partial charge < -0.3 is 9.47 Å². The van der Waals surface area contributed by atoms with Crippen LogP contribution in [0.3, 0.4) is 0 Å². The van der Waals surface area contributed by atoms with E-state index >= 15 is 0 Å². The van der Waals surface area contributed by atoms with Crippen LogP contribution < -0.4 is 0 Å². The van der Waals surface area contributed by atoms with Crippen molar-refractivity contribution in [3.63, 3.8) is 0 Å². The van der Waals surface area contributed by atoms with Crippen molar-refractivity contribution in [3.05, 3.63) is 23.5 Å². The molecular weight excluding hydrogens is 216 g/mol. The molecule has 0 saturated heterocycles. The Morgan fingerprint density at radius 2 is 2.53 bits per heavy atom. The van der Waals surface area contributed by atoms with Crippen LogP contribution in [0.1, 0.15) is 12.8 Å². The molecule has 1 heterocycles. The lowest BCUT2D eigenvalue weighted by atomic mass is 9.86. The van der Waals surface area contributed by atoms with E-state index in [9.17, 15) is 4.79 Å². The zero-order valence-electron chi connectivity index (χ0n) is 8.53. The normalized spacial score (nSPS) is 28.7. The molecule has 82 valence electrons. The maximum atomic E-state index is 11.6. The standard InChI is InChI=1S/C11H13ClO3/c1-14-11(13)10-7-4-2-3-5-8(7)15-9(10)6-12/h3,5,7-8H,2,4,6H2,1H3/t7-,8+/m0/s1. The van der Waals surface area contributed by atoms with E-state index in [1.54, 1.807) is 0 Å². The van der Waals surface area contributed by atoms with Crippen LogP contribution in [0.25, 0.3) is 0 Å². The van der Waals surface area contributed by atoms with Gasteiger partial charge >= 0.3 is 5.97 Å². The zero-order valence-corrected chi connectivity index (χ0v) is 9.29. The first kappa shape index (κ1) is 10.6. The van der Waals surface area contributed by atoms with E-state index in [1.807, 2.05) is 6.08 Å². The van der Waals surface area contributed by atoms with Gasteiger partial charge in [-0.15, -0.1) is 11.6 Å². The Balaban J connectivity index is 2.29. The average Bonchev–Trinajstić information content (AvgIpc) is 2.66. The summed E-state index contributed by atoms with van der Waals surface area (Å²) in [7, 11) is 1.38. The Morgan fingerprint density at radius 3 is 3.20 bits per heavy atom. The van der Waals surface area contributed by atoms with Crippen molar-refractivity contribution >= 4 is 17.6 Å². The first-order valence-electron chi connectivity index (χ1n) is 4.98. The molecule has 0 fully saturated rings. The minimum Gasteiger partial charge on any atom is -0.488 e. The van der Waals surface area contributed by atoms with Crippen LogP contribution in [0.2, 0.25) is 0 Å². The molecule has 0 radical (unpaired) electrons. The number of carbonyl (C=O) groups excluding carboxylic acids is 1. The maximum Gasteiger partial charge on any atom is 0.337 e. The Bertz CT molecular complexity index is 333. The van der Waals surface area contributed by atoms with Crippen molar-refractivity contribution < 1.29 is 14.3 Å². The van der Waals surface area contributed by atoms with Crippen molar-refractivity contribution in [2.24, 2.45) is 5.92 Å². The van der Waals surface area contributed by atoms with Gasteiger partial charge in [-0.25, -0.2) is 4.79 Å². The van der Waals surface area contributed by atoms with Crippen LogP contribution in [0.15, 0.2) is 23.5 Å². The summed E-state index contributed by atoms with van der Waals surface area (Å²) in [5.74, 6) is 0.611. The largest absolute Gasteiger partial charge is 0.488 e. The third-order valence-corrected chi connectivity index (χ3v) is 3.09. The average molecular weight is 229 g/mol. The second-order valence-corrected chi connectivity index (χ2v) is 3.92. The quantitative estimate of drug-likeness (QED) is 0.412. The summed E-state index contributed by atoms with van der Waals surface area (Å²) in [5, 5.41) is 0. The van der Waals surface area contributed by atoms with Gasteiger partial charge in [0.2, 0.25) is 0 Å². The number of fused-ring (bicyclic) bond motifs is 1. The van der Waals surface area contributed by atoms with Crippen LogP contribution in [0.5, 0.6) is 0 Å². The molecular formula is C11H13ClO3. The molecule has 2 atom stereocenters. The van der Waals surface area contributed by atoms with E-state index in [-0.39, 0.29) is 23.9 Å². The van der Waals surface area contributed by atoms with Crippen molar-refractivity contribution in [2.75, 3.05) is 13.0 Å². The van der Waals surface area contributed by atoms with Gasteiger partial charge in [-0.1, -0.05) is 6.08 Å². The van der Waals surface area contributed by atoms with Gasteiger partial charge in [0.25, 0.3) is 0 Å². The molecule has 15 heavy (non-hydrogen) atoms. The molecule has 0 unspecified atom stereocenters. The van der Waals surface area contributed by atoms with E-state index < -0.39 is 0 Å². The summed E-state index contributed by atoms with van der Waals surface area (Å²) >= 11 is 5.75. The predicted octanol–water partition coefficient (Wildman–Crippen LogP) is 2.02. The fourth-order valence-corrected chi connectivity index (χ4v) is 2.35. The fourth-order valence-electron chi connectivity index (χ4n) is 2.15. The van der Waals surface area contributed by atoms with E-state index in [0.29, 0.717) is 11.3 Å². The summed E-state index contributed by atoms with van der Waals surface area (Å²) < 4.78 is 10.4. The van der Waals surface area contributed by atoms with Crippen LogP contribution in [0.4, 0.5) is 0 Å². The smallest absolute Gasteiger partial charge is 0.337 e. The SMILES string of the molecule is COC(=O)C1=C(CCl)O[C@@H]2C=CCC[C@H]12. The first-order valence-corrected chi connectivity index (χ1v) is 5.52. The lowest BCUT2D eigenvalue weighted by Crippen LogP contribution is -2.22. The van der Waals surface area contributed by atoms with E-state index in [1.165, 1.54) is 7.11 Å². The summed E-state index contributed by atoms with van der Waals surface area (Å²) in [4.78, 5) is 11.6. The van der Waals surface area contributed by atoms with Crippen molar-refractivity contribution in [1.82, 2.24) is 0 Å². The number of allylic oxidation sites excluding steroid dienone is 2. The molecule has 0 amide bonds. The number of alkyl halides is 1. The Hall–Kier alpha value is -0.960. The minimum absolute atomic E-state index is 0.0263. The van der Waals surface area contributed by atoms with Crippen molar-refractivity contribution in [1.29, 1.82) is 0 Å². The number of halogens is 1. The molecule has 0 aromatic carbocycles. The van der Waals surface area contributed by atoms with Crippen LogP contribution >= 0.6 is 11.6 Å². The number of esters is 1. The number of ether oxygens (including phenoxy) is 2. The second kappa shape index (κ2) is 4.27. The van der Waals surface area contributed by atoms with Crippen LogP contribution in [0, 0.1) is 5.92 Å². The summed E-state index contributed by atoms with van der Waals surface area (Å²) in [6.07, 6.45) is 5.94. The molecule has 3 nitrogen and oxygen atoms in total. The highest BCUT2D eigenvalue weighted by atomic mass is 35.5. The lowest BCUT2D eigenvalue weighted by Gasteiger charge is -2.20. The molecule has 2 rings (SSSR count). The van der Waals surface area contributed by atoms with Gasteiger partial charge in [0.15, 0.2) is 0 Å². The molecule has 0 saturated carbocycles. The topological polar surface area (TPSA) is 35.5 Å².